The second-order valence-electron chi connectivity index (χ2n) is 27.4. The molecule has 0 aromatic heterocycles. The number of phosphoric acid groups is 6. The zero-order valence-electron chi connectivity index (χ0n) is 62.4. The molecule has 0 spiro atoms. The summed E-state index contributed by atoms with van der Waals surface area (Å²) in [5, 5.41) is 31.4. The number of ether oxygens (including phenoxy) is 6. The van der Waals surface area contributed by atoms with E-state index in [1.807, 2.05) is 20.8 Å². The quantitative estimate of drug-likeness (QED) is 0.0176. The van der Waals surface area contributed by atoms with Crippen molar-refractivity contribution >= 4 is 94.0 Å². The summed E-state index contributed by atoms with van der Waals surface area (Å²) in [6, 6.07) is -6.82. The molecule has 604 valence electrons. The Labute approximate surface area is 689 Å². The first-order valence-corrected chi connectivity index (χ1v) is 45.0. The van der Waals surface area contributed by atoms with Crippen LogP contribution in [-0.2, 0) is 176 Å². The molecule has 6 aliphatic rings. The van der Waals surface area contributed by atoms with Crippen LogP contribution in [0.3, 0.4) is 0 Å². The van der Waals surface area contributed by atoms with Gasteiger partial charge in [0.1, 0.15) is 126 Å². The molecule has 47 heteroatoms. The Morgan fingerprint density at radius 1 is 0.364 bits per heavy atom. The van der Waals surface area contributed by atoms with Crippen molar-refractivity contribution in [2.45, 2.75) is 291 Å². The molecule has 0 aromatic carbocycles. The van der Waals surface area contributed by atoms with E-state index >= 15 is 0 Å². The van der Waals surface area contributed by atoms with Crippen molar-refractivity contribution in [3.05, 3.63) is 13.8 Å². The SMILES string of the molecule is [B][C@@H]1O[C@H](CC)[C@H](OP(=O)(O)OC[C@H]2O[C@@H]([B])[C@@H](O)C2OP(=O)(O)OC[C@H]2O[C@@H]([B])[C@@H](CC[C@@H]([CH2-])CCCC)C2OP(=O)(O)OC[C@H]2O[C@@H]([B])[C@@H](O)C2OP(=O)(O)OC)[C@@H]1CC[C@H](C[CH2-])CCC.[B][C@@H]1O[C@H](COP(=O)(O)OC2[C@@H](CC)O[C@@H]([B])[C@H]2CC[C@@H](CCC)CCCC)C(OP(=O)(O)OC)[C@@H]1O.[Y].[Y]. The molecule has 0 saturated carbocycles. The van der Waals surface area contributed by atoms with Gasteiger partial charge in [0.25, 0.3) is 0 Å². The molecule has 6 saturated heterocycles. The first kappa shape index (κ1) is 104. The van der Waals surface area contributed by atoms with Crippen LogP contribution in [0.1, 0.15) is 164 Å². The molecular weight excluding hydrogens is 1680 g/mol. The molecule has 33 atom stereocenters. The predicted octanol–water partition coefficient (Wildman–Crippen LogP) is 6.58. The van der Waals surface area contributed by atoms with Gasteiger partial charge in [0.05, 0.1) is 38.6 Å². The summed E-state index contributed by atoms with van der Waals surface area (Å²) in [7, 11) is 8.68. The van der Waals surface area contributed by atoms with Crippen molar-refractivity contribution in [3.63, 3.8) is 0 Å². The minimum Gasteiger partial charge on any atom is -0.388 e. The molecular formula is C60H110B6O33P6Y2-2. The molecule has 33 nitrogen and oxygen atoms in total. The monoisotopic (exact) mass is 1790 g/mol. The van der Waals surface area contributed by atoms with Crippen LogP contribution in [0.15, 0.2) is 0 Å². The Hall–Kier alpha value is 2.90. The van der Waals surface area contributed by atoms with Gasteiger partial charge in [-0.15, -0.1) is 0 Å². The van der Waals surface area contributed by atoms with Crippen LogP contribution in [0.25, 0.3) is 0 Å². The van der Waals surface area contributed by atoms with Crippen LogP contribution >= 0.6 is 46.9 Å². The van der Waals surface area contributed by atoms with Gasteiger partial charge in [-0.2, -0.15) is 12.3 Å². The van der Waals surface area contributed by atoms with Gasteiger partial charge in [-0.25, -0.2) is 27.4 Å². The standard InChI is InChI=1S/C38H68B4O22P4.C22H42B2O11P2.2Y/c1-7-11-13-21(5)14-16-23-32(62-67(49,50)56-19-27-33(29(43)37(41)59-27)63-65(45,46)53-6)26(58-36(23)40)18-54-68(51,52)64-34-28(60-38(42)30(34)44)20-55-66(47,48)61-31-24(35(39)57-25(31)10-4)17-15-22(9-3)12-8-2;1-5-8-10-14(9-6-2)11-12-15-19(16(7-3)32-21(15)23)34-37(28,29)31-13-17-20(18(25)22(24)33-17)35-36(26,27)30-4;;/h21-38,43-44H,3,5,7-20H2,1-2,4,6H3,(H,45,46)(H,47,48)(H,49,50)(H,51,52);14-22,25H,5-13H2,1-4H3,(H,26,27)(H,28,29);;/q-2;;;/t21-,22+,23-,24-,25+,26+,27+,28+,29-,30-,31+,32?,33?,34?,35+,36+,37+,38+;14-,15-,16+,17+,18-,19?,20?,21+,22+;;/m00../s1. The van der Waals surface area contributed by atoms with E-state index in [1.54, 1.807) is 0 Å². The van der Waals surface area contributed by atoms with Gasteiger partial charge in [-0.3, -0.25) is 54.3 Å². The largest absolute Gasteiger partial charge is 0.472 e. The Morgan fingerprint density at radius 3 is 0.953 bits per heavy atom. The average molecular weight is 1790 g/mol. The summed E-state index contributed by atoms with van der Waals surface area (Å²) in [5.74, 6) is -0.802. The second kappa shape index (κ2) is 49.0. The van der Waals surface area contributed by atoms with Gasteiger partial charge in [-0.05, 0) is 38.0 Å². The van der Waals surface area contributed by atoms with E-state index in [4.69, 9.17) is 121 Å². The summed E-state index contributed by atoms with van der Waals surface area (Å²) in [4.78, 5) is 62.7. The summed E-state index contributed by atoms with van der Waals surface area (Å²) in [6.07, 6.45) is -4.50. The Bertz CT molecular complexity index is 2860. The minimum atomic E-state index is -5.28. The van der Waals surface area contributed by atoms with Crippen LogP contribution < -0.4 is 0 Å². The number of aliphatic hydroxyl groups is 3. The van der Waals surface area contributed by atoms with Gasteiger partial charge in [0.2, 0.25) is 0 Å². The summed E-state index contributed by atoms with van der Waals surface area (Å²) >= 11 is 0. The zero-order chi connectivity index (χ0) is 78.6. The number of hydrogen-bond acceptors (Lipinski definition) is 27. The van der Waals surface area contributed by atoms with Crippen LogP contribution in [0.5, 0.6) is 0 Å². The number of phosphoric ester groups is 6. The zero-order valence-corrected chi connectivity index (χ0v) is 73.4. The van der Waals surface area contributed by atoms with Crippen molar-refractivity contribution in [1.29, 1.82) is 0 Å². The van der Waals surface area contributed by atoms with Crippen LogP contribution in [-0.4, -0.2) is 260 Å². The molecule has 6 heterocycles. The predicted molar refractivity (Wildman–Crippen MR) is 384 cm³/mol. The van der Waals surface area contributed by atoms with Crippen molar-refractivity contribution in [2.24, 2.45) is 35.5 Å². The Balaban J connectivity index is 0.000000644. The van der Waals surface area contributed by atoms with Gasteiger partial charge in [0, 0.05) is 133 Å². The fourth-order valence-corrected chi connectivity index (χ4v) is 19.0. The molecule has 6 aliphatic heterocycles. The number of rotatable bonds is 48. The Kier molecular flexibility index (Phi) is 47.6. The first-order valence-electron chi connectivity index (χ1n) is 36.1. The maximum absolute atomic E-state index is 13.5. The topological polar surface area (TPSA) is 451 Å². The van der Waals surface area contributed by atoms with E-state index in [0.717, 1.165) is 91.3 Å². The molecule has 0 bridgehead atoms. The van der Waals surface area contributed by atoms with E-state index in [-0.39, 0.29) is 83.7 Å². The fraction of sp³-hybridized carbons (Fsp3) is 0.967. The van der Waals surface area contributed by atoms with Crippen LogP contribution in [0, 0.1) is 49.4 Å². The van der Waals surface area contributed by atoms with E-state index in [2.05, 4.69) is 43.7 Å². The van der Waals surface area contributed by atoms with E-state index in [0.29, 0.717) is 50.4 Å². The Morgan fingerprint density at radius 2 is 0.636 bits per heavy atom. The number of aliphatic hydroxyl groups excluding tert-OH is 3. The average Bonchev–Trinajstić information content (AvgIpc) is 1.68. The summed E-state index contributed by atoms with van der Waals surface area (Å²) in [5.41, 5.74) is 0. The van der Waals surface area contributed by atoms with Crippen molar-refractivity contribution < 1.29 is 220 Å². The maximum Gasteiger partial charge on any atom is 0.472 e. The van der Waals surface area contributed by atoms with Crippen molar-refractivity contribution in [2.75, 3.05) is 40.6 Å². The maximum atomic E-state index is 13.5. The molecule has 0 aliphatic carbocycles. The molecule has 6 fully saturated rings. The molecule has 107 heavy (non-hydrogen) atoms. The first-order chi connectivity index (χ1) is 49.2. The van der Waals surface area contributed by atoms with Gasteiger partial charge in [0.15, 0.2) is 0 Å². The summed E-state index contributed by atoms with van der Waals surface area (Å²) < 4.78 is 173. The molecule has 9 N–H and O–H groups in total. The van der Waals surface area contributed by atoms with Crippen molar-refractivity contribution in [3.8, 4) is 0 Å². The molecule has 11 unspecified atom stereocenters. The molecule has 6 rings (SSSR count). The fourth-order valence-electron chi connectivity index (χ4n) is 13.7. The van der Waals surface area contributed by atoms with Crippen LogP contribution in [0.2, 0.25) is 0 Å². The third-order valence-corrected chi connectivity index (χ3v) is 25.5. The summed E-state index contributed by atoms with van der Waals surface area (Å²) in [6.45, 7) is 17.1. The third kappa shape index (κ3) is 33.1. The van der Waals surface area contributed by atoms with Gasteiger partial charge in [-0.1, -0.05) is 131 Å². The van der Waals surface area contributed by atoms with Crippen LogP contribution in [0.4, 0.5) is 0 Å². The van der Waals surface area contributed by atoms with Gasteiger partial charge >= 0.3 is 46.9 Å². The van der Waals surface area contributed by atoms with E-state index < -0.39 is 213 Å². The third-order valence-electron chi connectivity index (χ3n) is 19.6. The molecule has 0 amide bonds. The van der Waals surface area contributed by atoms with Gasteiger partial charge < -0.3 is 86.9 Å². The minimum absolute atomic E-state index is 0. The number of unbranched alkanes of at least 4 members (excludes halogenated alkanes) is 2. The molecule has 0 aromatic rings. The number of hydrogen-bond donors (Lipinski definition) is 9. The smallest absolute Gasteiger partial charge is 0.388 e. The van der Waals surface area contributed by atoms with Crippen molar-refractivity contribution in [1.82, 2.24) is 0 Å². The van der Waals surface area contributed by atoms with E-state index in [1.165, 1.54) is 0 Å². The normalized spacial score (nSPS) is 37.1. The molecule has 14 radical (unpaired) electrons. The van der Waals surface area contributed by atoms with E-state index in [9.17, 15) is 72.1 Å². The second-order valence-corrected chi connectivity index (χ2v) is 36.0.